The van der Waals surface area contributed by atoms with Gasteiger partial charge in [0.1, 0.15) is 24.7 Å². The van der Waals surface area contributed by atoms with Crippen molar-refractivity contribution in [3.05, 3.63) is 29.8 Å². The lowest BCUT2D eigenvalue weighted by atomic mass is 10.3. The number of halogens is 2. The van der Waals surface area contributed by atoms with Gasteiger partial charge in [-0.3, -0.25) is 9.59 Å². The molecule has 0 heterocycles. The van der Waals surface area contributed by atoms with Crippen molar-refractivity contribution in [2.24, 2.45) is 0 Å². The summed E-state index contributed by atoms with van der Waals surface area (Å²) in [6.07, 6.45) is 0. The van der Waals surface area contributed by atoms with Crippen LogP contribution in [0, 0.1) is 11.6 Å². The highest BCUT2D eigenvalue weighted by molar-refractivity contribution is 7.89. The Morgan fingerprint density at radius 1 is 1.00 bits per heavy atom. The number of hydrogen-bond acceptors (Lipinski definition) is 4. The van der Waals surface area contributed by atoms with E-state index in [-0.39, 0.29) is 4.31 Å². The lowest BCUT2D eigenvalue weighted by Gasteiger charge is -2.18. The molecule has 0 aliphatic carbocycles. The molecule has 0 atom stereocenters. The van der Waals surface area contributed by atoms with Crippen molar-refractivity contribution in [1.82, 2.24) is 4.31 Å². The number of benzene rings is 1. The van der Waals surface area contributed by atoms with Gasteiger partial charge in [-0.05, 0) is 12.1 Å². The second-order valence-corrected chi connectivity index (χ2v) is 5.60. The molecule has 0 aliphatic heterocycles. The highest BCUT2D eigenvalue weighted by Crippen LogP contribution is 2.18. The molecule has 10 heteroatoms. The highest BCUT2D eigenvalue weighted by atomic mass is 32.2. The van der Waals surface area contributed by atoms with Crippen molar-refractivity contribution in [3.8, 4) is 0 Å². The van der Waals surface area contributed by atoms with Gasteiger partial charge >= 0.3 is 11.9 Å². The Balaban J connectivity index is 3.27. The fourth-order valence-electron chi connectivity index (χ4n) is 1.35. The average molecular weight is 309 g/mol. The zero-order chi connectivity index (χ0) is 15.5. The SMILES string of the molecule is O=C(O)CN(CC(=O)O)S(=O)(=O)c1cc(F)cc(F)c1. The van der Waals surface area contributed by atoms with Crippen LogP contribution in [0.15, 0.2) is 23.1 Å². The molecule has 2 N–H and O–H groups in total. The molecule has 0 radical (unpaired) electrons. The first-order valence-electron chi connectivity index (χ1n) is 5.03. The van der Waals surface area contributed by atoms with E-state index in [1.807, 2.05) is 0 Å². The minimum Gasteiger partial charge on any atom is -0.480 e. The van der Waals surface area contributed by atoms with Gasteiger partial charge in [0.15, 0.2) is 0 Å². The number of nitrogens with zero attached hydrogens (tertiary/aromatic N) is 1. The summed E-state index contributed by atoms with van der Waals surface area (Å²) in [5.74, 6) is -5.58. The van der Waals surface area contributed by atoms with Crippen LogP contribution in [0.5, 0.6) is 0 Å². The fraction of sp³-hybridized carbons (Fsp3) is 0.200. The number of carboxylic acids is 2. The first-order valence-corrected chi connectivity index (χ1v) is 6.47. The molecule has 0 aliphatic rings. The van der Waals surface area contributed by atoms with Crippen LogP contribution in [0.1, 0.15) is 0 Å². The molecule has 0 unspecified atom stereocenters. The van der Waals surface area contributed by atoms with Gasteiger partial charge in [0.2, 0.25) is 10.0 Å². The summed E-state index contributed by atoms with van der Waals surface area (Å²) in [5.41, 5.74) is 0. The predicted octanol–water partition coefficient (Wildman–Crippen LogP) is 0.125. The predicted molar refractivity (Wildman–Crippen MR) is 60.4 cm³/mol. The highest BCUT2D eigenvalue weighted by Gasteiger charge is 2.29. The number of hydrogen-bond donors (Lipinski definition) is 2. The van der Waals surface area contributed by atoms with Gasteiger partial charge < -0.3 is 10.2 Å². The molecular formula is C10H9F2NO6S. The zero-order valence-corrected chi connectivity index (χ0v) is 10.6. The Bertz CT molecular complexity index is 609. The third-order valence-corrected chi connectivity index (χ3v) is 3.87. The Morgan fingerprint density at radius 2 is 1.40 bits per heavy atom. The molecule has 110 valence electrons. The van der Waals surface area contributed by atoms with Crippen molar-refractivity contribution in [2.75, 3.05) is 13.1 Å². The summed E-state index contributed by atoms with van der Waals surface area (Å²) in [7, 11) is -4.64. The van der Waals surface area contributed by atoms with E-state index in [1.54, 1.807) is 0 Å². The van der Waals surface area contributed by atoms with Crippen LogP contribution in [0.25, 0.3) is 0 Å². The van der Waals surface area contributed by atoms with Crippen LogP contribution in [0.4, 0.5) is 8.78 Å². The number of carboxylic acid groups (broad SMARTS) is 2. The van der Waals surface area contributed by atoms with E-state index in [0.717, 1.165) is 0 Å². The average Bonchev–Trinajstić information content (AvgIpc) is 2.25. The van der Waals surface area contributed by atoms with Gasteiger partial charge in [0.25, 0.3) is 0 Å². The Hall–Kier alpha value is -2.07. The van der Waals surface area contributed by atoms with E-state index in [0.29, 0.717) is 18.2 Å². The lowest BCUT2D eigenvalue weighted by molar-refractivity contribution is -0.139. The minimum atomic E-state index is -4.64. The second kappa shape index (κ2) is 5.92. The van der Waals surface area contributed by atoms with Gasteiger partial charge in [0.05, 0.1) is 4.90 Å². The summed E-state index contributed by atoms with van der Waals surface area (Å²) in [6.45, 7) is -2.29. The van der Waals surface area contributed by atoms with Crippen LogP contribution in [0.2, 0.25) is 0 Å². The van der Waals surface area contributed by atoms with E-state index < -0.39 is 51.6 Å². The molecule has 1 rings (SSSR count). The van der Waals surface area contributed by atoms with Gasteiger partial charge in [0, 0.05) is 6.07 Å². The molecule has 0 amide bonds. The molecule has 1 aromatic rings. The normalized spacial score (nSPS) is 11.6. The Morgan fingerprint density at radius 3 is 1.75 bits per heavy atom. The van der Waals surface area contributed by atoms with Crippen molar-refractivity contribution in [3.63, 3.8) is 0 Å². The number of aliphatic carboxylic acids is 2. The fourth-order valence-corrected chi connectivity index (χ4v) is 2.74. The molecule has 7 nitrogen and oxygen atoms in total. The third-order valence-electron chi connectivity index (χ3n) is 2.10. The molecule has 0 saturated carbocycles. The second-order valence-electron chi connectivity index (χ2n) is 3.67. The van der Waals surface area contributed by atoms with Crippen LogP contribution >= 0.6 is 0 Å². The van der Waals surface area contributed by atoms with Crippen LogP contribution in [-0.2, 0) is 19.6 Å². The van der Waals surface area contributed by atoms with Crippen molar-refractivity contribution in [1.29, 1.82) is 0 Å². The van der Waals surface area contributed by atoms with E-state index in [1.165, 1.54) is 0 Å². The number of sulfonamides is 1. The van der Waals surface area contributed by atoms with E-state index in [4.69, 9.17) is 10.2 Å². The molecule has 0 saturated heterocycles. The maximum Gasteiger partial charge on any atom is 0.318 e. The largest absolute Gasteiger partial charge is 0.480 e. The Kier molecular flexibility index (Phi) is 4.73. The maximum absolute atomic E-state index is 13.0. The van der Waals surface area contributed by atoms with E-state index in [2.05, 4.69) is 0 Å². The molecule has 0 aromatic heterocycles. The number of carbonyl (C=O) groups is 2. The quantitative estimate of drug-likeness (QED) is 0.772. The van der Waals surface area contributed by atoms with Crippen molar-refractivity contribution in [2.45, 2.75) is 4.90 Å². The summed E-state index contributed by atoms with van der Waals surface area (Å²) in [6, 6.07) is 1.36. The van der Waals surface area contributed by atoms with Crippen LogP contribution in [0.3, 0.4) is 0 Å². The lowest BCUT2D eigenvalue weighted by Crippen LogP contribution is -2.39. The standard InChI is InChI=1S/C10H9F2NO6S/c11-6-1-7(12)3-8(2-6)20(18,19)13(4-9(14)15)5-10(16)17/h1-3H,4-5H2,(H,14,15)(H,16,17). The Labute approximate surface area is 112 Å². The molecule has 0 fully saturated rings. The summed E-state index contributed by atoms with van der Waals surface area (Å²) in [5, 5.41) is 17.1. The molecule has 1 aromatic carbocycles. The first kappa shape index (κ1) is 16.0. The van der Waals surface area contributed by atoms with Crippen LogP contribution in [-0.4, -0.2) is 48.0 Å². The summed E-state index contributed by atoms with van der Waals surface area (Å²) < 4.78 is 50.0. The molecular weight excluding hydrogens is 300 g/mol. The summed E-state index contributed by atoms with van der Waals surface area (Å²) in [4.78, 5) is 20.2. The monoisotopic (exact) mass is 309 g/mol. The number of rotatable bonds is 6. The zero-order valence-electron chi connectivity index (χ0n) is 9.79. The van der Waals surface area contributed by atoms with E-state index in [9.17, 15) is 26.8 Å². The maximum atomic E-state index is 13.0. The smallest absolute Gasteiger partial charge is 0.318 e. The van der Waals surface area contributed by atoms with Gasteiger partial charge in [-0.2, -0.15) is 4.31 Å². The topological polar surface area (TPSA) is 112 Å². The van der Waals surface area contributed by atoms with Crippen LogP contribution < -0.4 is 0 Å². The van der Waals surface area contributed by atoms with Gasteiger partial charge in [-0.15, -0.1) is 0 Å². The minimum absolute atomic E-state index is 0.0892. The first-order chi connectivity index (χ1) is 9.12. The molecule has 0 spiro atoms. The van der Waals surface area contributed by atoms with Crippen molar-refractivity contribution >= 4 is 22.0 Å². The molecule has 0 bridgehead atoms. The summed E-state index contributed by atoms with van der Waals surface area (Å²) >= 11 is 0. The molecule has 20 heavy (non-hydrogen) atoms. The van der Waals surface area contributed by atoms with Gasteiger partial charge in [-0.25, -0.2) is 17.2 Å². The van der Waals surface area contributed by atoms with Gasteiger partial charge in [-0.1, -0.05) is 0 Å². The van der Waals surface area contributed by atoms with Crippen molar-refractivity contribution < 1.29 is 37.0 Å². The van der Waals surface area contributed by atoms with E-state index >= 15 is 0 Å². The third kappa shape index (κ3) is 3.96.